The highest BCUT2D eigenvalue weighted by molar-refractivity contribution is 5.97. The molecule has 1 aromatic heterocycles. The number of fused-ring (bicyclic) bond motifs is 3. The molecule has 98 valence electrons. The standard InChI is InChI=1S/C12H18N4O2/c1-3-9-11-12(15(2)14-9)16-4-5-18-7-8(16)6-10(17)13-11/h8H,3-7H2,1-2H3,(H,13,17). The number of ether oxygens (including phenoxy) is 1. The van der Waals surface area contributed by atoms with Crippen LogP contribution in [-0.4, -0.2) is 41.5 Å². The van der Waals surface area contributed by atoms with E-state index in [1.54, 1.807) is 0 Å². The zero-order chi connectivity index (χ0) is 12.7. The molecule has 0 bridgehead atoms. The van der Waals surface area contributed by atoms with Crippen LogP contribution in [-0.2, 0) is 23.0 Å². The lowest BCUT2D eigenvalue weighted by molar-refractivity contribution is -0.116. The molecule has 1 unspecified atom stereocenters. The van der Waals surface area contributed by atoms with Crippen molar-refractivity contribution >= 4 is 17.4 Å². The van der Waals surface area contributed by atoms with Crippen molar-refractivity contribution in [3.05, 3.63) is 5.69 Å². The van der Waals surface area contributed by atoms with E-state index in [1.807, 2.05) is 11.7 Å². The lowest BCUT2D eigenvalue weighted by Crippen LogP contribution is -2.46. The van der Waals surface area contributed by atoms with Gasteiger partial charge in [-0.3, -0.25) is 9.48 Å². The van der Waals surface area contributed by atoms with Gasteiger partial charge < -0.3 is 15.0 Å². The number of morpholine rings is 1. The Labute approximate surface area is 106 Å². The number of nitrogens with zero attached hydrogens (tertiary/aromatic N) is 3. The summed E-state index contributed by atoms with van der Waals surface area (Å²) >= 11 is 0. The molecule has 6 nitrogen and oxygen atoms in total. The van der Waals surface area contributed by atoms with Gasteiger partial charge in [0.25, 0.3) is 0 Å². The fraction of sp³-hybridized carbons (Fsp3) is 0.667. The average molecular weight is 250 g/mol. The first-order chi connectivity index (χ1) is 8.70. The topological polar surface area (TPSA) is 59.4 Å². The summed E-state index contributed by atoms with van der Waals surface area (Å²) in [6.07, 6.45) is 1.30. The predicted octanol–water partition coefficient (Wildman–Crippen LogP) is 0.530. The van der Waals surface area contributed by atoms with Gasteiger partial charge in [-0.05, 0) is 6.42 Å². The van der Waals surface area contributed by atoms with Gasteiger partial charge in [0, 0.05) is 20.0 Å². The summed E-state index contributed by atoms with van der Waals surface area (Å²) in [4.78, 5) is 14.2. The normalized spacial score (nSPS) is 23.1. The highest BCUT2D eigenvalue weighted by atomic mass is 16.5. The van der Waals surface area contributed by atoms with E-state index >= 15 is 0 Å². The summed E-state index contributed by atoms with van der Waals surface area (Å²) in [7, 11) is 1.93. The van der Waals surface area contributed by atoms with Gasteiger partial charge in [0.05, 0.1) is 24.9 Å². The molecule has 2 aliphatic rings. The Bertz CT molecular complexity index is 483. The monoisotopic (exact) mass is 250 g/mol. The molecule has 18 heavy (non-hydrogen) atoms. The molecule has 1 fully saturated rings. The quantitative estimate of drug-likeness (QED) is 0.790. The van der Waals surface area contributed by atoms with Gasteiger partial charge in [0.1, 0.15) is 5.69 Å². The van der Waals surface area contributed by atoms with Crippen molar-refractivity contribution in [3.63, 3.8) is 0 Å². The van der Waals surface area contributed by atoms with E-state index in [0.717, 1.165) is 30.2 Å². The third-order valence-corrected chi connectivity index (χ3v) is 3.61. The van der Waals surface area contributed by atoms with E-state index in [0.29, 0.717) is 19.6 Å². The van der Waals surface area contributed by atoms with Crippen LogP contribution in [0.2, 0.25) is 0 Å². The van der Waals surface area contributed by atoms with E-state index in [2.05, 4.69) is 22.2 Å². The second kappa shape index (κ2) is 4.28. The smallest absolute Gasteiger partial charge is 0.226 e. The molecule has 1 aromatic rings. The maximum Gasteiger partial charge on any atom is 0.226 e. The number of rotatable bonds is 1. The van der Waals surface area contributed by atoms with Crippen LogP contribution in [0.5, 0.6) is 0 Å². The molecule has 1 N–H and O–H groups in total. The van der Waals surface area contributed by atoms with Gasteiger partial charge in [-0.25, -0.2) is 0 Å². The Balaban J connectivity index is 2.10. The fourth-order valence-corrected chi connectivity index (χ4v) is 2.78. The van der Waals surface area contributed by atoms with Crippen molar-refractivity contribution in [1.29, 1.82) is 0 Å². The molecule has 1 amide bonds. The number of amides is 1. The molecule has 0 saturated carbocycles. The number of aryl methyl sites for hydroxylation is 2. The average Bonchev–Trinajstić information content (AvgIpc) is 2.57. The lowest BCUT2D eigenvalue weighted by atomic mass is 10.1. The summed E-state index contributed by atoms with van der Waals surface area (Å²) in [5.41, 5.74) is 1.84. The van der Waals surface area contributed by atoms with Crippen LogP contribution >= 0.6 is 0 Å². The van der Waals surface area contributed by atoms with Crippen LogP contribution in [0.3, 0.4) is 0 Å². The van der Waals surface area contributed by atoms with Crippen LogP contribution in [0, 0.1) is 0 Å². The highest BCUT2D eigenvalue weighted by Gasteiger charge is 2.34. The summed E-state index contributed by atoms with van der Waals surface area (Å²) < 4.78 is 7.35. The Hall–Kier alpha value is -1.56. The van der Waals surface area contributed by atoms with Gasteiger partial charge in [-0.1, -0.05) is 6.92 Å². The van der Waals surface area contributed by atoms with Gasteiger partial charge in [0.15, 0.2) is 5.82 Å². The fourth-order valence-electron chi connectivity index (χ4n) is 2.78. The van der Waals surface area contributed by atoms with Crippen LogP contribution in [0.4, 0.5) is 11.5 Å². The number of carbonyl (C=O) groups excluding carboxylic acids is 1. The van der Waals surface area contributed by atoms with Crippen molar-refractivity contribution in [2.45, 2.75) is 25.8 Å². The van der Waals surface area contributed by atoms with Crippen molar-refractivity contribution < 1.29 is 9.53 Å². The maximum atomic E-state index is 11.9. The number of carbonyl (C=O) groups is 1. The molecule has 2 aliphatic heterocycles. The van der Waals surface area contributed by atoms with Gasteiger partial charge >= 0.3 is 0 Å². The van der Waals surface area contributed by atoms with Gasteiger partial charge in [-0.15, -0.1) is 0 Å². The molecular formula is C12H18N4O2. The largest absolute Gasteiger partial charge is 0.377 e. The number of nitrogens with one attached hydrogen (secondary N) is 1. The van der Waals surface area contributed by atoms with E-state index in [9.17, 15) is 4.79 Å². The predicted molar refractivity (Wildman–Crippen MR) is 67.8 cm³/mol. The minimum atomic E-state index is 0.0527. The second-order valence-corrected chi connectivity index (χ2v) is 4.80. The number of hydrogen-bond donors (Lipinski definition) is 1. The number of aromatic nitrogens is 2. The first kappa shape index (κ1) is 11.5. The first-order valence-electron chi connectivity index (χ1n) is 6.40. The van der Waals surface area contributed by atoms with Crippen LogP contribution in [0.15, 0.2) is 0 Å². The highest BCUT2D eigenvalue weighted by Crippen LogP contribution is 2.35. The Morgan fingerprint density at radius 1 is 1.56 bits per heavy atom. The van der Waals surface area contributed by atoms with E-state index in [-0.39, 0.29) is 11.9 Å². The summed E-state index contributed by atoms with van der Waals surface area (Å²) in [5.74, 6) is 1.07. The number of anilines is 2. The van der Waals surface area contributed by atoms with Crippen molar-refractivity contribution in [2.24, 2.45) is 7.05 Å². The molecule has 0 spiro atoms. The van der Waals surface area contributed by atoms with E-state index in [4.69, 9.17) is 4.74 Å². The third kappa shape index (κ3) is 1.68. The van der Waals surface area contributed by atoms with Crippen LogP contribution < -0.4 is 10.2 Å². The molecule has 0 radical (unpaired) electrons. The van der Waals surface area contributed by atoms with E-state index < -0.39 is 0 Å². The maximum absolute atomic E-state index is 11.9. The molecule has 0 aliphatic carbocycles. The molecule has 1 saturated heterocycles. The Kier molecular flexibility index (Phi) is 2.74. The summed E-state index contributed by atoms with van der Waals surface area (Å²) in [5, 5.41) is 7.50. The minimum absolute atomic E-state index is 0.0527. The zero-order valence-corrected chi connectivity index (χ0v) is 10.8. The molecule has 3 heterocycles. The van der Waals surface area contributed by atoms with Crippen LogP contribution in [0.25, 0.3) is 0 Å². The Morgan fingerprint density at radius 3 is 3.17 bits per heavy atom. The third-order valence-electron chi connectivity index (χ3n) is 3.61. The van der Waals surface area contributed by atoms with E-state index in [1.165, 1.54) is 0 Å². The van der Waals surface area contributed by atoms with Crippen LogP contribution in [0.1, 0.15) is 19.0 Å². The molecule has 3 rings (SSSR count). The van der Waals surface area contributed by atoms with Gasteiger partial charge in [0.2, 0.25) is 5.91 Å². The minimum Gasteiger partial charge on any atom is -0.377 e. The Morgan fingerprint density at radius 2 is 2.39 bits per heavy atom. The summed E-state index contributed by atoms with van der Waals surface area (Å²) in [6, 6.07) is 0.125. The van der Waals surface area contributed by atoms with Crippen molar-refractivity contribution in [2.75, 3.05) is 30.0 Å². The SMILES string of the molecule is CCc1nn(C)c2c1NC(=O)CC1COCCN21. The first-order valence-corrected chi connectivity index (χ1v) is 6.40. The van der Waals surface area contributed by atoms with Crippen molar-refractivity contribution in [1.82, 2.24) is 9.78 Å². The molecule has 0 aromatic carbocycles. The molecule has 6 heteroatoms. The lowest BCUT2D eigenvalue weighted by Gasteiger charge is -2.35. The molecule has 1 atom stereocenters. The number of hydrogen-bond acceptors (Lipinski definition) is 4. The van der Waals surface area contributed by atoms with Crippen molar-refractivity contribution in [3.8, 4) is 0 Å². The van der Waals surface area contributed by atoms with Gasteiger partial charge in [-0.2, -0.15) is 5.10 Å². The second-order valence-electron chi connectivity index (χ2n) is 4.80. The molecular weight excluding hydrogens is 232 g/mol. The summed E-state index contributed by atoms with van der Waals surface area (Å²) in [6.45, 7) is 4.18. The zero-order valence-electron chi connectivity index (χ0n) is 10.8.